The highest BCUT2D eigenvalue weighted by atomic mass is 33.1. The summed E-state index contributed by atoms with van der Waals surface area (Å²) in [5.41, 5.74) is -0.713. The van der Waals surface area contributed by atoms with Crippen LogP contribution in [0.5, 0.6) is 0 Å². The van der Waals surface area contributed by atoms with Crippen molar-refractivity contribution < 1.29 is 22.8 Å². The lowest BCUT2D eigenvalue weighted by molar-refractivity contribution is -0.394. The maximum Gasteiger partial charge on any atom is 0.319 e. The minimum absolute atomic E-state index is 0.0151. The van der Waals surface area contributed by atoms with Gasteiger partial charge in [0, 0.05) is 17.4 Å². The molecule has 0 fully saturated rings. The Labute approximate surface area is 111 Å². The second kappa shape index (κ2) is 5.95. The Morgan fingerprint density at radius 2 is 1.84 bits per heavy atom. The number of rotatable bonds is 6. The maximum absolute atomic E-state index is 10.8. The second-order valence-electron chi connectivity index (χ2n) is 3.33. The van der Waals surface area contributed by atoms with Crippen LogP contribution in [0.15, 0.2) is 18.2 Å². The monoisotopic (exact) mass is 308 g/mol. The molecule has 0 atom stereocenters. The first kappa shape index (κ1) is 15.3. The normalized spacial score (nSPS) is 11.2. The van der Waals surface area contributed by atoms with Gasteiger partial charge in [0.05, 0.1) is 15.9 Å². The zero-order valence-electron chi connectivity index (χ0n) is 9.25. The number of benzene rings is 1. The maximum atomic E-state index is 10.8. The van der Waals surface area contributed by atoms with Crippen molar-refractivity contribution in [1.82, 2.24) is 0 Å². The smallest absolute Gasteiger partial charge is 0.277 e. The molecule has 0 aromatic heterocycles. The van der Waals surface area contributed by atoms with Crippen LogP contribution in [0.1, 0.15) is 5.56 Å². The third-order valence-corrected chi connectivity index (χ3v) is 4.14. The van der Waals surface area contributed by atoms with E-state index in [1.165, 1.54) is 6.07 Å². The minimum atomic E-state index is -4.21. The van der Waals surface area contributed by atoms with Crippen LogP contribution < -0.4 is 0 Å². The van der Waals surface area contributed by atoms with Gasteiger partial charge in [0.25, 0.3) is 11.4 Å². The van der Waals surface area contributed by atoms with E-state index in [1.807, 2.05) is 0 Å². The summed E-state index contributed by atoms with van der Waals surface area (Å²) in [6, 6.07) is 3.11. The van der Waals surface area contributed by atoms with Gasteiger partial charge in [0.1, 0.15) is 0 Å². The predicted octanol–water partition coefficient (Wildman–Crippen LogP) is 1.58. The fraction of sp³-hybridized carbons (Fsp3) is 0.250. The van der Waals surface area contributed by atoms with E-state index in [0.717, 1.165) is 12.1 Å². The van der Waals surface area contributed by atoms with E-state index in [9.17, 15) is 28.6 Å². The van der Waals surface area contributed by atoms with Gasteiger partial charge < -0.3 is 0 Å². The highest BCUT2D eigenvalue weighted by Crippen LogP contribution is 2.26. The van der Waals surface area contributed by atoms with Crippen molar-refractivity contribution in [2.45, 2.75) is 6.42 Å². The fourth-order valence-electron chi connectivity index (χ4n) is 1.30. The number of nitrogens with zero attached hydrogens (tertiary/aromatic N) is 2. The first-order valence-corrected chi connectivity index (χ1v) is 7.68. The highest BCUT2D eigenvalue weighted by Gasteiger charge is 2.19. The largest absolute Gasteiger partial charge is 0.319 e. The van der Waals surface area contributed by atoms with Crippen LogP contribution in [0.3, 0.4) is 0 Å². The van der Waals surface area contributed by atoms with E-state index in [-0.39, 0.29) is 28.5 Å². The van der Waals surface area contributed by atoms with Gasteiger partial charge in [-0.2, -0.15) is 8.42 Å². The average molecular weight is 308 g/mol. The molecule has 9 nitrogen and oxygen atoms in total. The van der Waals surface area contributed by atoms with Gasteiger partial charge >= 0.3 is 9.15 Å². The summed E-state index contributed by atoms with van der Waals surface area (Å²) >= 11 is 0. The predicted molar refractivity (Wildman–Crippen MR) is 67.5 cm³/mol. The van der Waals surface area contributed by atoms with E-state index < -0.39 is 30.4 Å². The molecule has 0 aliphatic rings. The van der Waals surface area contributed by atoms with Crippen LogP contribution in [0.25, 0.3) is 0 Å². The standard InChI is InChI=1S/C8H8N2O7S2/c11-9(12)7-2-1-6(8(5-7)10(13)14)3-4-18-19(15,16)17/h1-2,5H,3-4H2,(H,15,16,17). The van der Waals surface area contributed by atoms with Crippen molar-refractivity contribution >= 4 is 31.3 Å². The van der Waals surface area contributed by atoms with Gasteiger partial charge in [0.15, 0.2) is 0 Å². The van der Waals surface area contributed by atoms with Crippen molar-refractivity contribution in [3.05, 3.63) is 44.0 Å². The Hall–Kier alpha value is -1.72. The minimum Gasteiger partial charge on any atom is -0.277 e. The van der Waals surface area contributed by atoms with Gasteiger partial charge in [-0.05, 0) is 23.3 Å². The number of non-ortho nitro benzene ring substituents is 1. The summed E-state index contributed by atoms with van der Waals surface area (Å²) in [6.07, 6.45) is -0.0151. The van der Waals surface area contributed by atoms with Crippen LogP contribution >= 0.6 is 10.8 Å². The quantitative estimate of drug-likeness (QED) is 0.361. The summed E-state index contributed by atoms with van der Waals surface area (Å²) in [6.45, 7) is 0. The van der Waals surface area contributed by atoms with E-state index in [0.29, 0.717) is 0 Å². The zero-order chi connectivity index (χ0) is 14.6. The first-order chi connectivity index (χ1) is 8.70. The van der Waals surface area contributed by atoms with Crippen molar-refractivity contribution in [2.24, 2.45) is 0 Å². The van der Waals surface area contributed by atoms with Crippen LogP contribution in [-0.2, 0) is 15.6 Å². The molecule has 0 unspecified atom stereocenters. The molecule has 0 aliphatic heterocycles. The third kappa shape index (κ3) is 4.81. The molecule has 1 aromatic rings. The molecule has 1 N–H and O–H groups in total. The third-order valence-electron chi connectivity index (χ3n) is 2.08. The second-order valence-corrected chi connectivity index (χ2v) is 6.80. The molecule has 104 valence electrons. The molecule has 0 bridgehead atoms. The van der Waals surface area contributed by atoms with Gasteiger partial charge in [-0.15, -0.1) is 0 Å². The lowest BCUT2D eigenvalue weighted by Crippen LogP contribution is -2.00. The highest BCUT2D eigenvalue weighted by molar-refractivity contribution is 8.69. The molecule has 0 saturated heterocycles. The van der Waals surface area contributed by atoms with Gasteiger partial charge in [-0.1, -0.05) is 0 Å². The molecule has 0 aliphatic carbocycles. The Balaban J connectivity index is 2.94. The fourth-order valence-corrected chi connectivity index (χ4v) is 2.70. The Morgan fingerprint density at radius 3 is 2.32 bits per heavy atom. The summed E-state index contributed by atoms with van der Waals surface area (Å²) in [5, 5.41) is 21.3. The summed E-state index contributed by atoms with van der Waals surface area (Å²) < 4.78 is 29.5. The Morgan fingerprint density at radius 1 is 1.21 bits per heavy atom. The number of nitro groups is 2. The lowest BCUT2D eigenvalue weighted by Gasteiger charge is -2.02. The van der Waals surface area contributed by atoms with Crippen LogP contribution in [0.4, 0.5) is 11.4 Å². The molecule has 0 amide bonds. The molecule has 11 heteroatoms. The van der Waals surface area contributed by atoms with Crippen molar-refractivity contribution in [3.63, 3.8) is 0 Å². The molecular formula is C8H8N2O7S2. The zero-order valence-corrected chi connectivity index (χ0v) is 10.9. The topological polar surface area (TPSA) is 141 Å². The van der Waals surface area contributed by atoms with Gasteiger partial charge in [-0.3, -0.25) is 24.8 Å². The Bertz CT molecular complexity index is 614. The molecule has 1 rings (SSSR count). The molecule has 1 aromatic carbocycles. The van der Waals surface area contributed by atoms with Crippen LogP contribution in [-0.4, -0.2) is 28.6 Å². The molecule has 0 spiro atoms. The molecule has 0 heterocycles. The van der Waals surface area contributed by atoms with Gasteiger partial charge in [-0.25, -0.2) is 0 Å². The van der Waals surface area contributed by atoms with E-state index in [4.69, 9.17) is 4.55 Å². The molecule has 0 radical (unpaired) electrons. The van der Waals surface area contributed by atoms with Crippen molar-refractivity contribution in [2.75, 3.05) is 5.75 Å². The van der Waals surface area contributed by atoms with Crippen LogP contribution in [0.2, 0.25) is 0 Å². The Kier molecular flexibility index (Phi) is 4.80. The van der Waals surface area contributed by atoms with Crippen molar-refractivity contribution in [3.8, 4) is 0 Å². The summed E-state index contributed by atoms with van der Waals surface area (Å²) in [4.78, 5) is 19.7. The van der Waals surface area contributed by atoms with Crippen molar-refractivity contribution in [1.29, 1.82) is 0 Å². The molecule has 19 heavy (non-hydrogen) atoms. The first-order valence-electron chi connectivity index (χ1n) is 4.74. The summed E-state index contributed by atoms with van der Waals surface area (Å²) in [7, 11) is -3.98. The summed E-state index contributed by atoms with van der Waals surface area (Å²) in [5.74, 6) is -0.0997. The van der Waals surface area contributed by atoms with E-state index in [1.54, 1.807) is 0 Å². The average Bonchev–Trinajstić information content (AvgIpc) is 2.27. The molecule has 0 saturated carbocycles. The SMILES string of the molecule is O=[N+]([O-])c1ccc(CCSS(=O)(=O)O)c([N+](=O)[O-])c1. The van der Waals surface area contributed by atoms with Crippen LogP contribution in [0, 0.1) is 20.2 Å². The number of hydrogen-bond acceptors (Lipinski definition) is 7. The van der Waals surface area contributed by atoms with E-state index >= 15 is 0 Å². The van der Waals surface area contributed by atoms with Gasteiger partial charge in [0.2, 0.25) is 0 Å². The number of aryl methyl sites for hydroxylation is 1. The number of nitro benzene ring substituents is 2. The molecular weight excluding hydrogens is 300 g/mol. The number of hydrogen-bond donors (Lipinski definition) is 1. The lowest BCUT2D eigenvalue weighted by atomic mass is 10.1. The van der Waals surface area contributed by atoms with E-state index in [2.05, 4.69) is 0 Å².